The van der Waals surface area contributed by atoms with Crippen LogP contribution in [0.3, 0.4) is 0 Å². The molecular formula is C31H33ClF3N11O3. The number of nitrogen functional groups attached to an aromatic ring is 1. The smallest absolute Gasteiger partial charge is 0.382 e. The van der Waals surface area contributed by atoms with Crippen LogP contribution >= 0.6 is 11.6 Å². The number of imidazole rings is 1. The summed E-state index contributed by atoms with van der Waals surface area (Å²) < 4.78 is 43.2. The first-order valence-corrected chi connectivity index (χ1v) is 15.8. The minimum Gasteiger partial charge on any atom is -0.382 e. The van der Waals surface area contributed by atoms with Crippen molar-refractivity contribution in [3.8, 4) is 22.6 Å². The van der Waals surface area contributed by atoms with Crippen LogP contribution < -0.4 is 11.1 Å². The number of rotatable bonds is 6. The Bertz CT molecular complexity index is 1880. The lowest BCUT2D eigenvalue weighted by Gasteiger charge is -2.38. The van der Waals surface area contributed by atoms with E-state index in [4.69, 9.17) is 17.3 Å². The lowest BCUT2D eigenvalue weighted by atomic mass is 9.95. The molecule has 0 radical (unpaired) electrons. The van der Waals surface area contributed by atoms with Gasteiger partial charge in [-0.25, -0.2) is 4.98 Å². The standard InChI is InChI=1S/C31H33ClF3N11O3/c1-43-9-7-17(8-10-43)29(48)45-11-13-46(14-12-45)30(49)19-4-3-18(15-20(19)32)38-28(47)27-37-16-22(44(27)2)24-25(21-5-6-23(36)40-39-21)41-42-26(24)31(33,34)35/h3-6,15-17H,7-14H2,1-2H3,(H2,36,40)(H,38,47)(H,41,42). The van der Waals surface area contributed by atoms with E-state index in [1.54, 1.807) is 4.90 Å². The molecule has 2 aliphatic rings. The topological polar surface area (TPSA) is 171 Å². The van der Waals surface area contributed by atoms with Gasteiger partial charge < -0.3 is 30.3 Å². The van der Waals surface area contributed by atoms with Crippen molar-refractivity contribution in [2.75, 3.05) is 57.4 Å². The molecule has 14 nitrogen and oxygen atoms in total. The Morgan fingerprint density at radius 2 is 1.67 bits per heavy atom. The van der Waals surface area contributed by atoms with E-state index in [1.807, 2.05) is 17.0 Å². The largest absolute Gasteiger partial charge is 0.433 e. The van der Waals surface area contributed by atoms with Gasteiger partial charge in [0.15, 0.2) is 5.82 Å². The molecule has 49 heavy (non-hydrogen) atoms. The Morgan fingerprint density at radius 3 is 2.31 bits per heavy atom. The molecule has 3 amide bonds. The summed E-state index contributed by atoms with van der Waals surface area (Å²) in [4.78, 5) is 49.3. The first-order valence-electron chi connectivity index (χ1n) is 15.5. The number of aromatic amines is 1. The number of aromatic nitrogens is 6. The highest BCUT2D eigenvalue weighted by molar-refractivity contribution is 6.34. The Kier molecular flexibility index (Phi) is 9.30. The second kappa shape index (κ2) is 13.5. The highest BCUT2D eigenvalue weighted by atomic mass is 35.5. The van der Waals surface area contributed by atoms with Crippen LogP contribution in [0.25, 0.3) is 22.6 Å². The number of nitrogens with zero attached hydrogens (tertiary/aromatic N) is 8. The Labute approximate surface area is 283 Å². The quantitative estimate of drug-likeness (QED) is 0.273. The predicted octanol–water partition coefficient (Wildman–Crippen LogP) is 3.40. The van der Waals surface area contributed by atoms with Gasteiger partial charge in [-0.2, -0.15) is 18.3 Å². The number of H-pyrrole nitrogens is 1. The third kappa shape index (κ3) is 6.94. The predicted molar refractivity (Wildman–Crippen MR) is 173 cm³/mol. The molecule has 0 atom stereocenters. The number of nitrogens with two attached hydrogens (primary N) is 1. The molecule has 0 unspecified atom stereocenters. The third-order valence-electron chi connectivity index (χ3n) is 8.83. The normalized spacial score (nSPS) is 16.2. The number of hydrogen-bond acceptors (Lipinski definition) is 9. The molecule has 3 aromatic heterocycles. The zero-order valence-corrected chi connectivity index (χ0v) is 27.3. The molecule has 2 fully saturated rings. The molecule has 1 aromatic carbocycles. The molecule has 2 saturated heterocycles. The molecule has 258 valence electrons. The number of nitrogens with one attached hydrogen (secondary N) is 2. The number of halogens is 4. The van der Waals surface area contributed by atoms with E-state index in [0.717, 1.165) is 32.1 Å². The van der Waals surface area contributed by atoms with E-state index in [0.29, 0.717) is 26.2 Å². The van der Waals surface area contributed by atoms with E-state index in [-0.39, 0.29) is 68.3 Å². The van der Waals surface area contributed by atoms with Crippen molar-refractivity contribution in [3.63, 3.8) is 0 Å². The zero-order chi connectivity index (χ0) is 35.0. The summed E-state index contributed by atoms with van der Waals surface area (Å²) in [6.07, 6.45) is -2.03. The van der Waals surface area contributed by atoms with Crippen LogP contribution in [-0.2, 0) is 18.0 Å². The lowest BCUT2D eigenvalue weighted by molar-refractivity contribution is -0.140. The number of benzene rings is 1. The number of piperidine rings is 1. The monoisotopic (exact) mass is 699 g/mol. The average Bonchev–Trinajstić information content (AvgIpc) is 3.69. The van der Waals surface area contributed by atoms with Crippen molar-refractivity contribution in [3.05, 3.63) is 58.6 Å². The average molecular weight is 700 g/mol. The highest BCUT2D eigenvalue weighted by Gasteiger charge is 2.39. The first kappa shape index (κ1) is 33.9. The molecule has 6 rings (SSSR count). The van der Waals surface area contributed by atoms with Gasteiger partial charge in [0.1, 0.15) is 22.9 Å². The Hall–Kier alpha value is -5.03. The molecule has 18 heteroatoms. The van der Waals surface area contributed by atoms with Gasteiger partial charge in [0, 0.05) is 44.8 Å². The van der Waals surface area contributed by atoms with Gasteiger partial charge >= 0.3 is 6.18 Å². The Balaban J connectivity index is 1.14. The maximum absolute atomic E-state index is 14.0. The SMILES string of the molecule is CN1CCC(C(=O)N2CCN(C(=O)c3ccc(NC(=O)c4ncc(-c5c(-c6ccc(N)nn6)n[nH]c5C(F)(F)F)n4C)cc3Cl)CC2)CC1. The molecule has 5 heterocycles. The second-order valence-electron chi connectivity index (χ2n) is 12.0. The van der Waals surface area contributed by atoms with Crippen molar-refractivity contribution < 1.29 is 27.6 Å². The maximum atomic E-state index is 14.0. The van der Waals surface area contributed by atoms with Gasteiger partial charge in [0.05, 0.1) is 28.0 Å². The second-order valence-corrected chi connectivity index (χ2v) is 12.4. The first-order chi connectivity index (χ1) is 23.3. The van der Waals surface area contributed by atoms with Gasteiger partial charge in [-0.3, -0.25) is 19.5 Å². The number of likely N-dealkylation sites (tertiary alicyclic amines) is 1. The zero-order valence-electron chi connectivity index (χ0n) is 26.6. The van der Waals surface area contributed by atoms with Crippen LogP contribution in [0.4, 0.5) is 24.7 Å². The summed E-state index contributed by atoms with van der Waals surface area (Å²) in [6, 6.07) is 7.15. The van der Waals surface area contributed by atoms with Crippen LogP contribution in [0.5, 0.6) is 0 Å². The summed E-state index contributed by atoms with van der Waals surface area (Å²) in [6.45, 7) is 3.39. The number of anilines is 2. The van der Waals surface area contributed by atoms with Crippen LogP contribution in [0.1, 0.15) is 39.5 Å². The van der Waals surface area contributed by atoms with Gasteiger partial charge in [-0.15, -0.1) is 10.2 Å². The fourth-order valence-electron chi connectivity index (χ4n) is 6.07. The van der Waals surface area contributed by atoms with E-state index < -0.39 is 17.8 Å². The van der Waals surface area contributed by atoms with E-state index in [1.165, 1.54) is 41.9 Å². The summed E-state index contributed by atoms with van der Waals surface area (Å²) in [5, 5.41) is 16.1. The van der Waals surface area contributed by atoms with Gasteiger partial charge in [0.2, 0.25) is 5.91 Å². The summed E-state index contributed by atoms with van der Waals surface area (Å²) in [7, 11) is 3.43. The number of piperazine rings is 1. The molecule has 0 spiro atoms. The van der Waals surface area contributed by atoms with Crippen molar-refractivity contribution >= 4 is 40.8 Å². The van der Waals surface area contributed by atoms with Crippen molar-refractivity contribution in [1.29, 1.82) is 0 Å². The van der Waals surface area contributed by atoms with Crippen LogP contribution in [0, 0.1) is 5.92 Å². The van der Waals surface area contributed by atoms with E-state index >= 15 is 0 Å². The molecule has 0 saturated carbocycles. The highest BCUT2D eigenvalue weighted by Crippen LogP contribution is 2.40. The summed E-state index contributed by atoms with van der Waals surface area (Å²) >= 11 is 6.49. The number of alkyl halides is 3. The maximum Gasteiger partial charge on any atom is 0.433 e. The minimum absolute atomic E-state index is 0.0120. The molecule has 2 aliphatic heterocycles. The van der Waals surface area contributed by atoms with E-state index in [2.05, 4.69) is 30.5 Å². The fraction of sp³-hybridized carbons (Fsp3) is 0.387. The van der Waals surface area contributed by atoms with Gasteiger partial charge in [-0.05, 0) is 63.3 Å². The number of amides is 3. The van der Waals surface area contributed by atoms with Crippen LogP contribution in [0.15, 0.2) is 36.5 Å². The van der Waals surface area contributed by atoms with Gasteiger partial charge in [-0.1, -0.05) is 11.6 Å². The van der Waals surface area contributed by atoms with Crippen molar-refractivity contribution in [2.24, 2.45) is 13.0 Å². The van der Waals surface area contributed by atoms with Crippen LogP contribution in [0.2, 0.25) is 5.02 Å². The Morgan fingerprint density at radius 1 is 0.980 bits per heavy atom. The number of carbonyl (C=O) groups excluding carboxylic acids is 3. The molecule has 4 aromatic rings. The third-order valence-corrected chi connectivity index (χ3v) is 9.14. The fourth-order valence-corrected chi connectivity index (χ4v) is 6.33. The number of hydrogen-bond donors (Lipinski definition) is 3. The molecule has 4 N–H and O–H groups in total. The summed E-state index contributed by atoms with van der Waals surface area (Å²) in [5.41, 5.74) is 4.31. The minimum atomic E-state index is -4.82. The van der Waals surface area contributed by atoms with Gasteiger partial charge in [0.25, 0.3) is 11.8 Å². The van der Waals surface area contributed by atoms with Crippen molar-refractivity contribution in [2.45, 2.75) is 19.0 Å². The molecular weight excluding hydrogens is 667 g/mol. The van der Waals surface area contributed by atoms with Crippen LogP contribution in [-0.4, -0.2) is 109 Å². The molecule has 0 bridgehead atoms. The number of carbonyl (C=O) groups is 3. The van der Waals surface area contributed by atoms with E-state index in [9.17, 15) is 27.6 Å². The lowest BCUT2D eigenvalue weighted by Crippen LogP contribution is -2.52. The van der Waals surface area contributed by atoms with Crippen molar-refractivity contribution in [1.82, 2.24) is 44.6 Å². The molecule has 0 aliphatic carbocycles. The summed E-state index contributed by atoms with van der Waals surface area (Å²) in [5.74, 6) is -1.02.